The van der Waals surface area contributed by atoms with Gasteiger partial charge < -0.3 is 5.32 Å². The van der Waals surface area contributed by atoms with Crippen molar-refractivity contribution in [1.82, 2.24) is 0 Å². The molecule has 2 rings (SSSR count). The smallest absolute Gasteiger partial charge is 0.255 e. The largest absolute Gasteiger partial charge is 0.321 e. The highest BCUT2D eigenvalue weighted by molar-refractivity contribution is 6.31. The number of hydrogen-bond donors (Lipinski definition) is 1. The first-order chi connectivity index (χ1) is 9.11. The highest BCUT2D eigenvalue weighted by atomic mass is 35.5. The molecule has 2 aromatic carbocycles. The van der Waals surface area contributed by atoms with Crippen molar-refractivity contribution in [2.45, 2.75) is 12.8 Å². The molecule has 0 bridgehead atoms. The Labute approximate surface area is 122 Å². The third kappa shape index (κ3) is 3.28. The molecule has 0 aliphatic heterocycles. The first-order valence-electron chi connectivity index (χ1n) is 5.83. The van der Waals surface area contributed by atoms with Gasteiger partial charge in [-0.05, 0) is 42.3 Å². The van der Waals surface area contributed by atoms with E-state index >= 15 is 0 Å². The zero-order chi connectivity index (χ0) is 13.8. The van der Waals surface area contributed by atoms with Crippen LogP contribution in [0.15, 0.2) is 42.5 Å². The normalized spacial score (nSPS) is 10.3. The Morgan fingerprint density at radius 2 is 1.89 bits per heavy atom. The minimum Gasteiger partial charge on any atom is -0.321 e. The maximum absolute atomic E-state index is 12.1. The fourth-order valence-corrected chi connectivity index (χ4v) is 2.38. The van der Waals surface area contributed by atoms with Crippen LogP contribution in [0.5, 0.6) is 0 Å². The van der Waals surface area contributed by atoms with Gasteiger partial charge in [-0.3, -0.25) is 4.79 Å². The van der Waals surface area contributed by atoms with Crippen LogP contribution in [0, 0.1) is 6.92 Å². The molecule has 0 aliphatic rings. The zero-order valence-corrected chi connectivity index (χ0v) is 11.9. The van der Waals surface area contributed by atoms with E-state index in [1.165, 1.54) is 0 Å². The lowest BCUT2D eigenvalue weighted by Crippen LogP contribution is -2.14. The summed E-state index contributed by atoms with van der Waals surface area (Å²) in [6.45, 7) is 1.89. The maximum Gasteiger partial charge on any atom is 0.255 e. The number of aryl methyl sites for hydroxylation is 1. The van der Waals surface area contributed by atoms with Crippen molar-refractivity contribution in [2.24, 2.45) is 0 Å². The monoisotopic (exact) mass is 293 g/mol. The number of hydrogen-bond acceptors (Lipinski definition) is 1. The molecule has 0 saturated carbocycles. The van der Waals surface area contributed by atoms with E-state index in [4.69, 9.17) is 23.2 Å². The Morgan fingerprint density at radius 3 is 2.53 bits per heavy atom. The molecule has 2 aromatic rings. The second kappa shape index (κ2) is 6.09. The van der Waals surface area contributed by atoms with E-state index < -0.39 is 0 Å². The summed E-state index contributed by atoms with van der Waals surface area (Å²) in [6, 6.07) is 12.6. The Balaban J connectivity index is 2.31. The molecule has 19 heavy (non-hydrogen) atoms. The molecule has 0 atom stereocenters. The number of rotatable bonds is 3. The second-order valence-electron chi connectivity index (χ2n) is 4.21. The standard InChI is InChI=1S/C15H13Cl2NO/c1-10-7-13(17)8-12(9-16)14(10)18-15(19)11-5-3-2-4-6-11/h2-8H,9H2,1H3,(H,18,19). The predicted octanol–water partition coefficient (Wildman–Crippen LogP) is 4.64. The summed E-state index contributed by atoms with van der Waals surface area (Å²) in [5.74, 6) is 0.142. The molecule has 0 aromatic heterocycles. The Morgan fingerprint density at radius 1 is 1.21 bits per heavy atom. The number of amides is 1. The van der Waals surface area contributed by atoms with Crippen LogP contribution in [0.2, 0.25) is 5.02 Å². The maximum atomic E-state index is 12.1. The predicted molar refractivity (Wildman–Crippen MR) is 80.1 cm³/mol. The summed E-state index contributed by atoms with van der Waals surface area (Å²) in [4.78, 5) is 12.1. The lowest BCUT2D eigenvalue weighted by atomic mass is 10.1. The van der Waals surface area contributed by atoms with Gasteiger partial charge in [0.2, 0.25) is 0 Å². The zero-order valence-electron chi connectivity index (χ0n) is 10.4. The summed E-state index contributed by atoms with van der Waals surface area (Å²) in [5.41, 5.74) is 3.05. The second-order valence-corrected chi connectivity index (χ2v) is 4.91. The average Bonchev–Trinajstić information content (AvgIpc) is 2.42. The molecule has 1 amide bonds. The molecular formula is C15H13Cl2NO. The van der Waals surface area contributed by atoms with Crippen LogP contribution in [-0.2, 0) is 5.88 Å². The molecular weight excluding hydrogens is 281 g/mol. The summed E-state index contributed by atoms with van der Waals surface area (Å²) in [7, 11) is 0. The van der Waals surface area contributed by atoms with Crippen LogP contribution < -0.4 is 5.32 Å². The summed E-state index contributed by atoms with van der Waals surface area (Å²) in [6.07, 6.45) is 0. The van der Waals surface area contributed by atoms with E-state index in [-0.39, 0.29) is 5.91 Å². The van der Waals surface area contributed by atoms with E-state index in [0.29, 0.717) is 16.5 Å². The average molecular weight is 294 g/mol. The molecule has 2 nitrogen and oxygen atoms in total. The number of halogens is 2. The van der Waals surface area contributed by atoms with E-state index in [9.17, 15) is 4.79 Å². The van der Waals surface area contributed by atoms with Gasteiger partial charge in [-0.25, -0.2) is 0 Å². The van der Waals surface area contributed by atoms with Crippen LogP contribution in [0.25, 0.3) is 0 Å². The van der Waals surface area contributed by atoms with Crippen molar-refractivity contribution in [3.8, 4) is 0 Å². The van der Waals surface area contributed by atoms with Crippen LogP contribution >= 0.6 is 23.2 Å². The number of nitrogens with one attached hydrogen (secondary N) is 1. The highest BCUT2D eigenvalue weighted by Gasteiger charge is 2.11. The molecule has 0 fully saturated rings. The molecule has 98 valence electrons. The van der Waals surface area contributed by atoms with Gasteiger partial charge in [0.25, 0.3) is 5.91 Å². The van der Waals surface area contributed by atoms with Crippen LogP contribution in [0.4, 0.5) is 5.69 Å². The minimum absolute atomic E-state index is 0.155. The summed E-state index contributed by atoms with van der Waals surface area (Å²) < 4.78 is 0. The molecule has 0 heterocycles. The van der Waals surface area contributed by atoms with Crippen molar-refractivity contribution in [1.29, 1.82) is 0 Å². The summed E-state index contributed by atoms with van der Waals surface area (Å²) >= 11 is 11.9. The molecule has 0 spiro atoms. The lowest BCUT2D eigenvalue weighted by molar-refractivity contribution is 0.102. The van der Waals surface area contributed by atoms with Gasteiger partial charge >= 0.3 is 0 Å². The van der Waals surface area contributed by atoms with Gasteiger partial charge in [0, 0.05) is 22.2 Å². The number of carbonyl (C=O) groups excluding carboxylic acids is 1. The molecule has 4 heteroatoms. The Hall–Kier alpha value is -1.51. The van der Waals surface area contributed by atoms with E-state index in [1.54, 1.807) is 24.3 Å². The number of anilines is 1. The number of carbonyl (C=O) groups is 1. The number of alkyl halides is 1. The van der Waals surface area contributed by atoms with Crippen molar-refractivity contribution in [3.05, 3.63) is 64.2 Å². The topological polar surface area (TPSA) is 29.1 Å². The Bertz CT molecular complexity index is 597. The van der Waals surface area contributed by atoms with Gasteiger partial charge in [0.15, 0.2) is 0 Å². The quantitative estimate of drug-likeness (QED) is 0.821. The SMILES string of the molecule is Cc1cc(Cl)cc(CCl)c1NC(=O)c1ccccc1. The van der Waals surface area contributed by atoms with Crippen LogP contribution in [0.1, 0.15) is 21.5 Å². The van der Waals surface area contributed by atoms with Crippen LogP contribution in [-0.4, -0.2) is 5.91 Å². The van der Waals surface area contributed by atoms with Gasteiger partial charge in [-0.15, -0.1) is 11.6 Å². The highest BCUT2D eigenvalue weighted by Crippen LogP contribution is 2.27. The van der Waals surface area contributed by atoms with Crippen molar-refractivity contribution < 1.29 is 4.79 Å². The third-order valence-corrected chi connectivity index (χ3v) is 3.31. The van der Waals surface area contributed by atoms with E-state index in [0.717, 1.165) is 16.8 Å². The minimum atomic E-state index is -0.155. The fourth-order valence-electron chi connectivity index (χ4n) is 1.87. The van der Waals surface area contributed by atoms with Crippen LogP contribution in [0.3, 0.4) is 0 Å². The lowest BCUT2D eigenvalue weighted by Gasteiger charge is -2.13. The first kappa shape index (κ1) is 13.9. The van der Waals surface area contributed by atoms with E-state index in [2.05, 4.69) is 5.32 Å². The molecule has 0 unspecified atom stereocenters. The van der Waals surface area contributed by atoms with Gasteiger partial charge in [0.1, 0.15) is 0 Å². The van der Waals surface area contributed by atoms with Gasteiger partial charge in [-0.2, -0.15) is 0 Å². The first-order valence-corrected chi connectivity index (χ1v) is 6.74. The number of benzene rings is 2. The molecule has 0 aliphatic carbocycles. The molecule has 1 N–H and O–H groups in total. The van der Waals surface area contributed by atoms with Crippen molar-refractivity contribution in [3.63, 3.8) is 0 Å². The summed E-state index contributed by atoms with van der Waals surface area (Å²) in [5, 5.41) is 3.51. The van der Waals surface area contributed by atoms with Crippen molar-refractivity contribution in [2.75, 3.05) is 5.32 Å². The molecule has 0 radical (unpaired) electrons. The van der Waals surface area contributed by atoms with Gasteiger partial charge in [-0.1, -0.05) is 29.8 Å². The van der Waals surface area contributed by atoms with Gasteiger partial charge in [0.05, 0.1) is 0 Å². The third-order valence-electron chi connectivity index (χ3n) is 2.80. The molecule has 0 saturated heterocycles. The fraction of sp³-hybridized carbons (Fsp3) is 0.133. The van der Waals surface area contributed by atoms with E-state index in [1.807, 2.05) is 25.1 Å². The Kier molecular flexibility index (Phi) is 4.46. The van der Waals surface area contributed by atoms with Crippen molar-refractivity contribution >= 4 is 34.8 Å².